The van der Waals surface area contributed by atoms with Crippen LogP contribution in [0.3, 0.4) is 0 Å². The first kappa shape index (κ1) is 14.3. The monoisotopic (exact) mass is 272 g/mol. The lowest BCUT2D eigenvalue weighted by molar-refractivity contribution is 0.0699. The molecule has 1 unspecified atom stereocenters. The number of pyridine rings is 1. The van der Waals surface area contributed by atoms with E-state index in [1.165, 1.54) is 0 Å². The smallest absolute Gasteiger partial charge is 0.336 e. The maximum absolute atomic E-state index is 11.4. The van der Waals surface area contributed by atoms with Crippen molar-refractivity contribution in [3.63, 3.8) is 0 Å². The zero-order valence-electron chi connectivity index (χ0n) is 12.3. The summed E-state index contributed by atoms with van der Waals surface area (Å²) in [5.41, 5.74) is 1.03. The van der Waals surface area contributed by atoms with E-state index in [4.69, 9.17) is 0 Å². The third kappa shape index (κ3) is 2.90. The minimum Gasteiger partial charge on any atom is -0.478 e. The summed E-state index contributed by atoms with van der Waals surface area (Å²) in [6, 6.07) is 9.07. The molecule has 1 heterocycles. The Morgan fingerprint density at radius 1 is 1.30 bits per heavy atom. The van der Waals surface area contributed by atoms with Crippen LogP contribution in [0.15, 0.2) is 30.3 Å². The molecule has 4 nitrogen and oxygen atoms in total. The van der Waals surface area contributed by atoms with E-state index in [1.807, 2.05) is 18.2 Å². The topological polar surface area (TPSA) is 62.2 Å². The van der Waals surface area contributed by atoms with Crippen LogP contribution < -0.4 is 5.32 Å². The van der Waals surface area contributed by atoms with Gasteiger partial charge in [0.15, 0.2) is 0 Å². The predicted octanol–water partition coefficient (Wildman–Crippen LogP) is 3.78. The van der Waals surface area contributed by atoms with Crippen molar-refractivity contribution in [1.82, 2.24) is 4.98 Å². The molecule has 0 radical (unpaired) electrons. The van der Waals surface area contributed by atoms with Gasteiger partial charge in [0.05, 0.1) is 11.1 Å². The molecule has 20 heavy (non-hydrogen) atoms. The second kappa shape index (κ2) is 5.12. The molecule has 0 spiro atoms. The number of carbonyl (C=O) groups is 1. The Bertz CT molecular complexity index is 644. The number of benzene rings is 1. The van der Waals surface area contributed by atoms with Crippen LogP contribution in [0.5, 0.6) is 0 Å². The number of hydrogen-bond acceptors (Lipinski definition) is 3. The van der Waals surface area contributed by atoms with Crippen molar-refractivity contribution in [2.75, 3.05) is 5.32 Å². The average Bonchev–Trinajstić information content (AvgIpc) is 2.36. The van der Waals surface area contributed by atoms with E-state index in [0.717, 1.165) is 0 Å². The summed E-state index contributed by atoms with van der Waals surface area (Å²) in [4.78, 5) is 15.9. The lowest BCUT2D eigenvalue weighted by atomic mass is 9.88. The van der Waals surface area contributed by atoms with Gasteiger partial charge >= 0.3 is 5.97 Å². The number of carboxylic acid groups (broad SMARTS) is 1. The molecule has 0 amide bonds. The standard InChI is InChI=1S/C16H20N2O2/c1-10(16(2,3)4)17-14-9-12(15(19)20)11-7-5-6-8-13(11)18-14/h5-10H,1-4H3,(H,17,18)(H,19,20). The molecule has 1 aromatic carbocycles. The van der Waals surface area contributed by atoms with Gasteiger partial charge < -0.3 is 10.4 Å². The number of nitrogens with zero attached hydrogens (tertiary/aromatic N) is 1. The molecular formula is C16H20N2O2. The maximum Gasteiger partial charge on any atom is 0.336 e. The van der Waals surface area contributed by atoms with E-state index < -0.39 is 5.97 Å². The van der Waals surface area contributed by atoms with Crippen molar-refractivity contribution >= 4 is 22.7 Å². The zero-order valence-corrected chi connectivity index (χ0v) is 12.3. The molecule has 0 aliphatic heterocycles. The fraction of sp³-hybridized carbons (Fsp3) is 0.375. The van der Waals surface area contributed by atoms with Gasteiger partial charge in [-0.3, -0.25) is 0 Å². The number of para-hydroxylation sites is 1. The van der Waals surface area contributed by atoms with E-state index in [9.17, 15) is 9.90 Å². The summed E-state index contributed by atoms with van der Waals surface area (Å²) in [5, 5.41) is 13.3. The van der Waals surface area contributed by atoms with Crippen LogP contribution in [0.25, 0.3) is 10.9 Å². The van der Waals surface area contributed by atoms with Crippen molar-refractivity contribution in [3.05, 3.63) is 35.9 Å². The van der Waals surface area contributed by atoms with Gasteiger partial charge in [-0.2, -0.15) is 0 Å². The number of aromatic carboxylic acids is 1. The Hall–Kier alpha value is -2.10. The van der Waals surface area contributed by atoms with Gasteiger partial charge in [0.1, 0.15) is 5.82 Å². The van der Waals surface area contributed by atoms with Crippen LogP contribution in [-0.2, 0) is 0 Å². The van der Waals surface area contributed by atoms with Gasteiger partial charge in [0.25, 0.3) is 0 Å². The minimum absolute atomic E-state index is 0.0662. The van der Waals surface area contributed by atoms with Gasteiger partial charge in [-0.15, -0.1) is 0 Å². The van der Waals surface area contributed by atoms with Gasteiger partial charge in [0.2, 0.25) is 0 Å². The lowest BCUT2D eigenvalue weighted by Gasteiger charge is -2.28. The summed E-state index contributed by atoms with van der Waals surface area (Å²) in [5.74, 6) is -0.335. The summed E-state index contributed by atoms with van der Waals surface area (Å²) >= 11 is 0. The van der Waals surface area contributed by atoms with Gasteiger partial charge in [-0.1, -0.05) is 39.0 Å². The number of aromatic nitrogens is 1. The molecule has 106 valence electrons. The van der Waals surface area contributed by atoms with Gasteiger partial charge in [-0.05, 0) is 24.5 Å². The highest BCUT2D eigenvalue weighted by atomic mass is 16.4. The molecule has 2 aromatic rings. The van der Waals surface area contributed by atoms with Crippen molar-refractivity contribution in [2.24, 2.45) is 5.41 Å². The first-order chi connectivity index (χ1) is 9.29. The molecule has 0 saturated carbocycles. The normalized spacial score (nSPS) is 13.2. The highest BCUT2D eigenvalue weighted by molar-refractivity contribution is 6.03. The average molecular weight is 272 g/mol. The largest absolute Gasteiger partial charge is 0.478 e. The summed E-state index contributed by atoms with van der Waals surface area (Å²) in [6.07, 6.45) is 0. The maximum atomic E-state index is 11.4. The fourth-order valence-corrected chi connectivity index (χ4v) is 1.86. The zero-order chi connectivity index (χ0) is 14.9. The number of hydrogen-bond donors (Lipinski definition) is 2. The summed E-state index contributed by atoms with van der Waals surface area (Å²) in [7, 11) is 0. The number of anilines is 1. The molecule has 0 saturated heterocycles. The van der Waals surface area contributed by atoms with Crippen LogP contribution in [0.1, 0.15) is 38.1 Å². The molecule has 2 rings (SSSR count). The second-order valence-electron chi connectivity index (χ2n) is 6.11. The third-order valence-corrected chi connectivity index (χ3v) is 3.61. The van der Waals surface area contributed by atoms with Crippen LogP contribution in [-0.4, -0.2) is 22.1 Å². The number of nitrogens with one attached hydrogen (secondary N) is 1. The predicted molar refractivity (Wildman–Crippen MR) is 81.2 cm³/mol. The van der Waals surface area contributed by atoms with Gasteiger partial charge in [0, 0.05) is 11.4 Å². The Kier molecular flexibility index (Phi) is 3.66. The van der Waals surface area contributed by atoms with Crippen LogP contribution in [0.2, 0.25) is 0 Å². The molecule has 0 bridgehead atoms. The van der Waals surface area contributed by atoms with Crippen molar-refractivity contribution in [1.29, 1.82) is 0 Å². The van der Waals surface area contributed by atoms with Crippen molar-refractivity contribution < 1.29 is 9.90 Å². The number of rotatable bonds is 3. The van der Waals surface area contributed by atoms with Crippen LogP contribution in [0.4, 0.5) is 5.82 Å². The molecule has 0 aliphatic carbocycles. The van der Waals surface area contributed by atoms with Gasteiger partial charge in [-0.25, -0.2) is 9.78 Å². The Morgan fingerprint density at radius 2 is 1.95 bits per heavy atom. The Labute approximate surface area is 118 Å². The molecule has 1 atom stereocenters. The Morgan fingerprint density at radius 3 is 2.55 bits per heavy atom. The SMILES string of the molecule is CC(Nc1cc(C(=O)O)c2ccccc2n1)C(C)(C)C. The highest BCUT2D eigenvalue weighted by Gasteiger charge is 2.21. The van der Waals surface area contributed by atoms with E-state index >= 15 is 0 Å². The van der Waals surface area contributed by atoms with Crippen LogP contribution in [0, 0.1) is 5.41 Å². The van der Waals surface area contributed by atoms with Crippen LogP contribution >= 0.6 is 0 Å². The summed E-state index contributed by atoms with van der Waals surface area (Å²) < 4.78 is 0. The number of carboxylic acids is 1. The first-order valence-electron chi connectivity index (χ1n) is 6.68. The lowest BCUT2D eigenvalue weighted by Crippen LogP contribution is -2.31. The molecule has 2 N–H and O–H groups in total. The molecule has 4 heteroatoms. The summed E-state index contributed by atoms with van der Waals surface area (Å²) in [6.45, 7) is 8.45. The van der Waals surface area contributed by atoms with Crippen molar-refractivity contribution in [2.45, 2.75) is 33.7 Å². The Balaban J connectivity index is 2.48. The second-order valence-corrected chi connectivity index (χ2v) is 6.11. The fourth-order valence-electron chi connectivity index (χ4n) is 1.86. The number of fused-ring (bicyclic) bond motifs is 1. The van der Waals surface area contributed by atoms with E-state index in [0.29, 0.717) is 16.7 Å². The minimum atomic E-state index is -0.935. The highest BCUT2D eigenvalue weighted by Crippen LogP contribution is 2.25. The first-order valence-corrected chi connectivity index (χ1v) is 6.68. The molecule has 0 fully saturated rings. The molecule has 0 aliphatic rings. The van der Waals surface area contributed by atoms with E-state index in [-0.39, 0.29) is 17.0 Å². The molecular weight excluding hydrogens is 252 g/mol. The quantitative estimate of drug-likeness (QED) is 0.892. The third-order valence-electron chi connectivity index (χ3n) is 3.61. The van der Waals surface area contributed by atoms with Crippen molar-refractivity contribution in [3.8, 4) is 0 Å². The van der Waals surface area contributed by atoms with E-state index in [2.05, 4.69) is 38.0 Å². The van der Waals surface area contributed by atoms with E-state index in [1.54, 1.807) is 12.1 Å². The molecule has 1 aromatic heterocycles.